The molecule has 2 aliphatic rings. The summed E-state index contributed by atoms with van der Waals surface area (Å²) in [6.45, 7) is 5.90. The van der Waals surface area contributed by atoms with Crippen LogP contribution >= 0.6 is 0 Å². The number of hydrogen-bond acceptors (Lipinski definition) is 4. The van der Waals surface area contributed by atoms with Crippen LogP contribution < -0.4 is 4.90 Å². The first-order valence-corrected chi connectivity index (χ1v) is 11.8. The van der Waals surface area contributed by atoms with Gasteiger partial charge in [-0.15, -0.1) is 0 Å². The van der Waals surface area contributed by atoms with E-state index in [0.29, 0.717) is 25.1 Å². The summed E-state index contributed by atoms with van der Waals surface area (Å²) < 4.78 is 13.2. The molecule has 4 rings (SSSR count). The Hall–Kier alpha value is -2.93. The molecule has 1 N–H and O–H groups in total. The lowest BCUT2D eigenvalue weighted by atomic mass is 9.81. The van der Waals surface area contributed by atoms with Crippen molar-refractivity contribution in [3.05, 3.63) is 66.0 Å². The molecule has 0 spiro atoms. The smallest absolute Gasteiger partial charge is 0.303 e. The molecule has 2 fully saturated rings. The van der Waals surface area contributed by atoms with Crippen LogP contribution in [0.15, 0.2) is 54.6 Å². The predicted octanol–water partition coefficient (Wildman–Crippen LogP) is 3.59. The molecule has 2 unspecified atom stereocenters. The summed E-state index contributed by atoms with van der Waals surface area (Å²) in [5.41, 5.74) is 1.73. The van der Waals surface area contributed by atoms with Crippen LogP contribution in [0.4, 0.5) is 10.1 Å². The van der Waals surface area contributed by atoms with Crippen molar-refractivity contribution in [2.24, 2.45) is 11.8 Å². The fourth-order valence-electron chi connectivity index (χ4n) is 5.08. The number of nitrogens with zero attached hydrogens (tertiary/aromatic N) is 3. The molecule has 0 saturated carbocycles. The van der Waals surface area contributed by atoms with Crippen molar-refractivity contribution in [3.8, 4) is 0 Å². The molecule has 176 valence electrons. The summed E-state index contributed by atoms with van der Waals surface area (Å²) in [5.74, 6) is -1.03. The van der Waals surface area contributed by atoms with Crippen molar-refractivity contribution < 1.29 is 19.1 Å². The average molecular weight is 454 g/mol. The van der Waals surface area contributed by atoms with E-state index in [9.17, 15) is 19.1 Å². The molecule has 2 aliphatic heterocycles. The van der Waals surface area contributed by atoms with Gasteiger partial charge in [-0.05, 0) is 67.6 Å². The Bertz CT molecular complexity index is 930. The molecule has 2 saturated heterocycles. The van der Waals surface area contributed by atoms with E-state index in [1.165, 1.54) is 30.0 Å². The van der Waals surface area contributed by atoms with Gasteiger partial charge >= 0.3 is 5.97 Å². The second kappa shape index (κ2) is 10.8. The van der Waals surface area contributed by atoms with E-state index in [0.717, 1.165) is 39.1 Å². The van der Waals surface area contributed by atoms with Crippen LogP contribution in [-0.4, -0.2) is 72.6 Å². The van der Waals surface area contributed by atoms with E-state index in [2.05, 4.69) is 34.1 Å². The highest BCUT2D eigenvalue weighted by Crippen LogP contribution is 2.30. The molecular weight excluding hydrogens is 421 g/mol. The van der Waals surface area contributed by atoms with Crippen LogP contribution in [0.1, 0.15) is 29.6 Å². The number of hydrogen-bond donors (Lipinski definition) is 1. The van der Waals surface area contributed by atoms with E-state index < -0.39 is 5.97 Å². The molecule has 2 aromatic rings. The van der Waals surface area contributed by atoms with E-state index >= 15 is 0 Å². The predicted molar refractivity (Wildman–Crippen MR) is 126 cm³/mol. The highest BCUT2D eigenvalue weighted by molar-refractivity contribution is 5.94. The molecule has 6 nitrogen and oxygen atoms in total. The highest BCUT2D eigenvalue weighted by Gasteiger charge is 2.33. The first-order chi connectivity index (χ1) is 16.0. The lowest BCUT2D eigenvalue weighted by Crippen LogP contribution is -2.48. The van der Waals surface area contributed by atoms with Crippen LogP contribution in [0.25, 0.3) is 0 Å². The number of rotatable bonds is 7. The third-order valence-electron chi connectivity index (χ3n) is 7.02. The molecular formula is C26H32FN3O3. The van der Waals surface area contributed by atoms with Crippen LogP contribution in [0.3, 0.4) is 0 Å². The number of halogens is 1. The number of carbonyl (C=O) groups excluding carboxylic acids is 1. The Morgan fingerprint density at radius 1 is 0.909 bits per heavy atom. The summed E-state index contributed by atoms with van der Waals surface area (Å²) in [5, 5.41) is 9.38. The number of anilines is 1. The number of aliphatic carboxylic acids is 1. The van der Waals surface area contributed by atoms with Crippen molar-refractivity contribution in [2.45, 2.75) is 19.3 Å². The minimum Gasteiger partial charge on any atom is -0.481 e. The monoisotopic (exact) mass is 453 g/mol. The van der Waals surface area contributed by atoms with Gasteiger partial charge in [0.2, 0.25) is 0 Å². The summed E-state index contributed by atoms with van der Waals surface area (Å²) in [6.07, 6.45) is 1.70. The number of likely N-dealkylation sites (tertiary alicyclic amines) is 1. The number of para-hydroxylation sites is 1. The maximum Gasteiger partial charge on any atom is 0.303 e. The number of carboxylic acid groups (broad SMARTS) is 1. The number of piperazine rings is 1. The summed E-state index contributed by atoms with van der Waals surface area (Å²) in [7, 11) is 0. The molecule has 7 heteroatoms. The fraction of sp³-hybridized carbons (Fsp3) is 0.462. The number of benzene rings is 2. The number of piperidine rings is 1. The zero-order valence-corrected chi connectivity index (χ0v) is 18.9. The molecule has 0 bridgehead atoms. The minimum atomic E-state index is -0.778. The third-order valence-corrected chi connectivity index (χ3v) is 7.02. The molecule has 0 radical (unpaired) electrons. The molecule has 2 atom stereocenters. The lowest BCUT2D eigenvalue weighted by molar-refractivity contribution is -0.139. The molecule has 0 aliphatic carbocycles. The van der Waals surface area contributed by atoms with Crippen molar-refractivity contribution >= 4 is 17.6 Å². The van der Waals surface area contributed by atoms with Gasteiger partial charge in [0.1, 0.15) is 5.82 Å². The van der Waals surface area contributed by atoms with Gasteiger partial charge in [-0.25, -0.2) is 4.39 Å². The number of carbonyl (C=O) groups is 2. The largest absolute Gasteiger partial charge is 0.481 e. The maximum atomic E-state index is 13.2. The van der Waals surface area contributed by atoms with E-state index in [4.69, 9.17) is 0 Å². The first kappa shape index (κ1) is 23.2. The van der Waals surface area contributed by atoms with Gasteiger partial charge in [-0.3, -0.25) is 14.5 Å². The SMILES string of the molecule is O=C(O)CC1CCN(C(=O)c2ccc(F)cc2)CC1CCN1CCN(c2ccccc2)CC1. The summed E-state index contributed by atoms with van der Waals surface area (Å²) in [4.78, 5) is 31.0. The maximum absolute atomic E-state index is 13.2. The first-order valence-electron chi connectivity index (χ1n) is 11.8. The normalized spacial score (nSPS) is 21.7. The standard InChI is InChI=1S/C26H32FN3O3/c27-23-8-6-20(7-9-23)26(33)30-13-11-21(18-25(31)32)22(19-30)10-12-28-14-16-29(17-15-28)24-4-2-1-3-5-24/h1-9,21-22H,10-19H2,(H,31,32). The van der Waals surface area contributed by atoms with E-state index in [1.54, 1.807) is 0 Å². The minimum absolute atomic E-state index is 0.0744. The fourth-order valence-corrected chi connectivity index (χ4v) is 5.08. The van der Waals surface area contributed by atoms with Crippen LogP contribution in [0, 0.1) is 17.7 Å². The Morgan fingerprint density at radius 2 is 1.61 bits per heavy atom. The topological polar surface area (TPSA) is 64.1 Å². The van der Waals surface area contributed by atoms with Gasteiger partial charge in [0.15, 0.2) is 0 Å². The highest BCUT2D eigenvalue weighted by atomic mass is 19.1. The Labute approximate surface area is 194 Å². The zero-order chi connectivity index (χ0) is 23.2. The third kappa shape index (κ3) is 6.11. The molecule has 0 aromatic heterocycles. The summed E-state index contributed by atoms with van der Waals surface area (Å²) >= 11 is 0. The molecule has 2 heterocycles. The molecule has 1 amide bonds. The van der Waals surface area contributed by atoms with Crippen LogP contribution in [-0.2, 0) is 4.79 Å². The quantitative estimate of drug-likeness (QED) is 0.694. The number of carboxylic acids is 1. The van der Waals surface area contributed by atoms with E-state index in [1.807, 2.05) is 11.0 Å². The van der Waals surface area contributed by atoms with Crippen LogP contribution in [0.2, 0.25) is 0 Å². The van der Waals surface area contributed by atoms with Gasteiger partial charge in [-0.2, -0.15) is 0 Å². The Morgan fingerprint density at radius 3 is 2.27 bits per heavy atom. The van der Waals surface area contributed by atoms with E-state index in [-0.39, 0.29) is 30.0 Å². The van der Waals surface area contributed by atoms with Gasteiger partial charge < -0.3 is 14.9 Å². The Kier molecular flexibility index (Phi) is 7.60. The molecule has 2 aromatic carbocycles. The lowest BCUT2D eigenvalue weighted by Gasteiger charge is -2.40. The van der Waals surface area contributed by atoms with Crippen molar-refractivity contribution in [1.82, 2.24) is 9.80 Å². The van der Waals surface area contributed by atoms with Gasteiger partial charge in [-0.1, -0.05) is 18.2 Å². The second-order valence-corrected chi connectivity index (χ2v) is 9.12. The zero-order valence-electron chi connectivity index (χ0n) is 18.9. The molecule has 33 heavy (non-hydrogen) atoms. The van der Waals surface area contributed by atoms with Crippen molar-refractivity contribution in [2.75, 3.05) is 50.7 Å². The second-order valence-electron chi connectivity index (χ2n) is 9.12. The van der Waals surface area contributed by atoms with Gasteiger partial charge in [0.25, 0.3) is 5.91 Å². The Balaban J connectivity index is 1.33. The summed E-state index contributed by atoms with van der Waals surface area (Å²) in [6, 6.07) is 16.1. The number of amides is 1. The van der Waals surface area contributed by atoms with Crippen molar-refractivity contribution in [1.29, 1.82) is 0 Å². The van der Waals surface area contributed by atoms with Crippen LogP contribution in [0.5, 0.6) is 0 Å². The van der Waals surface area contributed by atoms with Gasteiger partial charge in [0.05, 0.1) is 0 Å². The van der Waals surface area contributed by atoms with Crippen molar-refractivity contribution in [3.63, 3.8) is 0 Å². The van der Waals surface area contributed by atoms with Gasteiger partial charge in [0, 0.05) is 56.9 Å². The average Bonchev–Trinajstić information content (AvgIpc) is 2.84.